The van der Waals surface area contributed by atoms with E-state index in [0.717, 1.165) is 16.1 Å². The second-order valence-electron chi connectivity index (χ2n) is 3.57. The number of aromatic nitrogens is 1. The predicted octanol–water partition coefficient (Wildman–Crippen LogP) is 3.30. The summed E-state index contributed by atoms with van der Waals surface area (Å²) < 4.78 is 4.95. The Morgan fingerprint density at radius 2 is 2.18 bits per heavy atom. The fourth-order valence-electron chi connectivity index (χ4n) is 1.42. The van der Waals surface area contributed by atoms with Crippen molar-refractivity contribution in [2.75, 3.05) is 6.61 Å². The molecule has 2 aromatic heterocycles. The molecular weight excluding hydrogens is 234 g/mol. The lowest BCUT2D eigenvalue weighted by atomic mass is 10.2. The summed E-state index contributed by atoms with van der Waals surface area (Å²) in [5.41, 5.74) is 2.01. The lowest BCUT2D eigenvalue weighted by Gasteiger charge is -1.98. The van der Waals surface area contributed by atoms with Gasteiger partial charge in [-0.3, -0.25) is 4.98 Å². The second-order valence-corrected chi connectivity index (χ2v) is 4.66. The van der Waals surface area contributed by atoms with Crippen molar-refractivity contribution in [3.05, 3.63) is 41.0 Å². The standard InChI is InChI=1S/C13H13NO2S/c1-3-16-13(15)12-7-6-11(17-12)10-5-4-9(2)14-8-10/h4-8H,3H2,1-2H3. The van der Waals surface area contributed by atoms with Crippen molar-refractivity contribution in [3.8, 4) is 10.4 Å². The molecular formula is C13H13NO2S. The summed E-state index contributed by atoms with van der Waals surface area (Å²) in [5.74, 6) is -0.260. The van der Waals surface area contributed by atoms with Gasteiger partial charge in [-0.15, -0.1) is 11.3 Å². The Labute approximate surface area is 104 Å². The molecule has 0 amide bonds. The summed E-state index contributed by atoms with van der Waals surface area (Å²) in [6.07, 6.45) is 1.82. The Kier molecular flexibility index (Phi) is 3.54. The van der Waals surface area contributed by atoms with Gasteiger partial charge >= 0.3 is 5.97 Å². The molecule has 0 aromatic carbocycles. The fraction of sp³-hybridized carbons (Fsp3) is 0.231. The molecule has 0 fully saturated rings. The summed E-state index contributed by atoms with van der Waals surface area (Å²) >= 11 is 1.43. The SMILES string of the molecule is CCOC(=O)c1ccc(-c2ccc(C)nc2)s1. The van der Waals surface area contributed by atoms with Crippen LogP contribution in [0.25, 0.3) is 10.4 Å². The van der Waals surface area contributed by atoms with Crippen LogP contribution in [0.4, 0.5) is 0 Å². The summed E-state index contributed by atoms with van der Waals surface area (Å²) in [6, 6.07) is 7.67. The van der Waals surface area contributed by atoms with E-state index in [-0.39, 0.29) is 5.97 Å². The topological polar surface area (TPSA) is 39.2 Å². The van der Waals surface area contributed by atoms with E-state index in [1.807, 2.05) is 31.3 Å². The molecule has 4 heteroatoms. The molecule has 0 saturated heterocycles. The van der Waals surface area contributed by atoms with Crippen LogP contribution in [-0.4, -0.2) is 17.6 Å². The highest BCUT2D eigenvalue weighted by molar-refractivity contribution is 7.17. The number of rotatable bonds is 3. The van der Waals surface area contributed by atoms with Crippen molar-refractivity contribution in [2.45, 2.75) is 13.8 Å². The third kappa shape index (κ3) is 2.71. The summed E-state index contributed by atoms with van der Waals surface area (Å²) in [4.78, 5) is 17.4. The van der Waals surface area contributed by atoms with E-state index in [2.05, 4.69) is 4.98 Å². The molecule has 88 valence electrons. The minimum atomic E-state index is -0.260. The van der Waals surface area contributed by atoms with E-state index < -0.39 is 0 Å². The van der Waals surface area contributed by atoms with Gasteiger partial charge in [-0.1, -0.05) is 6.07 Å². The number of thiophene rings is 1. The highest BCUT2D eigenvalue weighted by Gasteiger charge is 2.10. The Balaban J connectivity index is 2.23. The zero-order chi connectivity index (χ0) is 12.3. The van der Waals surface area contributed by atoms with Crippen LogP contribution in [-0.2, 0) is 4.74 Å². The first-order chi connectivity index (χ1) is 8.20. The molecule has 0 atom stereocenters. The van der Waals surface area contributed by atoms with Gasteiger partial charge in [0.05, 0.1) is 6.61 Å². The van der Waals surface area contributed by atoms with Crippen LogP contribution < -0.4 is 0 Å². The maximum atomic E-state index is 11.5. The molecule has 0 unspecified atom stereocenters. The minimum Gasteiger partial charge on any atom is -0.462 e. The molecule has 0 aliphatic heterocycles. The summed E-state index contributed by atoms with van der Waals surface area (Å²) in [5, 5.41) is 0. The molecule has 2 rings (SSSR count). The molecule has 0 aliphatic rings. The lowest BCUT2D eigenvalue weighted by molar-refractivity contribution is 0.0532. The second kappa shape index (κ2) is 5.10. The van der Waals surface area contributed by atoms with Crippen molar-refractivity contribution >= 4 is 17.3 Å². The van der Waals surface area contributed by atoms with Crippen LogP contribution in [0, 0.1) is 6.92 Å². The van der Waals surface area contributed by atoms with E-state index in [4.69, 9.17) is 4.74 Å². The zero-order valence-corrected chi connectivity index (χ0v) is 10.6. The van der Waals surface area contributed by atoms with Gasteiger partial charge in [0.25, 0.3) is 0 Å². The Hall–Kier alpha value is -1.68. The van der Waals surface area contributed by atoms with Gasteiger partial charge in [0.1, 0.15) is 4.88 Å². The Morgan fingerprint density at radius 1 is 1.35 bits per heavy atom. The Bertz CT molecular complexity index is 516. The van der Waals surface area contributed by atoms with Gasteiger partial charge in [0.15, 0.2) is 0 Å². The largest absolute Gasteiger partial charge is 0.462 e. The van der Waals surface area contributed by atoms with Gasteiger partial charge < -0.3 is 4.74 Å². The van der Waals surface area contributed by atoms with E-state index in [1.165, 1.54) is 11.3 Å². The third-order valence-electron chi connectivity index (χ3n) is 2.28. The Morgan fingerprint density at radius 3 is 2.82 bits per heavy atom. The smallest absolute Gasteiger partial charge is 0.348 e. The van der Waals surface area contributed by atoms with Crippen LogP contribution in [0.2, 0.25) is 0 Å². The van der Waals surface area contributed by atoms with Crippen molar-refractivity contribution in [2.24, 2.45) is 0 Å². The number of pyridine rings is 1. The zero-order valence-electron chi connectivity index (χ0n) is 9.77. The van der Waals surface area contributed by atoms with Gasteiger partial charge in [0.2, 0.25) is 0 Å². The van der Waals surface area contributed by atoms with Crippen molar-refractivity contribution in [3.63, 3.8) is 0 Å². The first-order valence-corrected chi connectivity index (χ1v) is 6.22. The maximum Gasteiger partial charge on any atom is 0.348 e. The van der Waals surface area contributed by atoms with Gasteiger partial charge in [0, 0.05) is 22.3 Å². The van der Waals surface area contributed by atoms with Crippen LogP contribution in [0.5, 0.6) is 0 Å². The number of aryl methyl sites for hydroxylation is 1. The number of esters is 1. The highest BCUT2D eigenvalue weighted by Crippen LogP contribution is 2.28. The average Bonchev–Trinajstić information content (AvgIpc) is 2.80. The van der Waals surface area contributed by atoms with Crippen LogP contribution in [0.1, 0.15) is 22.3 Å². The molecule has 3 nitrogen and oxygen atoms in total. The molecule has 17 heavy (non-hydrogen) atoms. The van der Waals surface area contributed by atoms with Crippen LogP contribution in [0.3, 0.4) is 0 Å². The minimum absolute atomic E-state index is 0.260. The number of ether oxygens (including phenoxy) is 1. The number of hydrogen-bond acceptors (Lipinski definition) is 4. The maximum absolute atomic E-state index is 11.5. The molecule has 0 N–H and O–H groups in total. The molecule has 2 heterocycles. The van der Waals surface area contributed by atoms with Crippen molar-refractivity contribution < 1.29 is 9.53 Å². The molecule has 0 aliphatic carbocycles. The van der Waals surface area contributed by atoms with Crippen molar-refractivity contribution in [1.82, 2.24) is 4.98 Å². The van der Waals surface area contributed by atoms with Crippen LogP contribution >= 0.6 is 11.3 Å². The number of nitrogens with zero attached hydrogens (tertiary/aromatic N) is 1. The highest BCUT2D eigenvalue weighted by atomic mass is 32.1. The van der Waals surface area contributed by atoms with Crippen molar-refractivity contribution in [1.29, 1.82) is 0 Å². The van der Waals surface area contributed by atoms with E-state index in [9.17, 15) is 4.79 Å². The lowest BCUT2D eigenvalue weighted by Crippen LogP contribution is -2.01. The first-order valence-electron chi connectivity index (χ1n) is 5.40. The normalized spacial score (nSPS) is 10.2. The van der Waals surface area contributed by atoms with E-state index >= 15 is 0 Å². The average molecular weight is 247 g/mol. The van der Waals surface area contributed by atoms with Gasteiger partial charge in [-0.25, -0.2) is 4.79 Å². The van der Waals surface area contributed by atoms with Gasteiger partial charge in [-0.05, 0) is 32.0 Å². The summed E-state index contributed by atoms with van der Waals surface area (Å²) in [6.45, 7) is 4.15. The number of carbonyl (C=O) groups is 1. The number of hydrogen-bond donors (Lipinski definition) is 0. The van der Waals surface area contributed by atoms with Gasteiger partial charge in [-0.2, -0.15) is 0 Å². The van der Waals surface area contributed by atoms with E-state index in [0.29, 0.717) is 11.5 Å². The summed E-state index contributed by atoms with van der Waals surface area (Å²) in [7, 11) is 0. The first kappa shape index (κ1) is 11.8. The van der Waals surface area contributed by atoms with E-state index in [1.54, 1.807) is 13.0 Å². The molecule has 2 aromatic rings. The number of carbonyl (C=O) groups excluding carboxylic acids is 1. The molecule has 0 saturated carbocycles. The fourth-order valence-corrected chi connectivity index (χ4v) is 2.31. The van der Waals surface area contributed by atoms with Crippen LogP contribution in [0.15, 0.2) is 30.5 Å². The molecule has 0 bridgehead atoms. The predicted molar refractivity (Wildman–Crippen MR) is 68.2 cm³/mol. The molecule has 0 radical (unpaired) electrons. The quantitative estimate of drug-likeness (QED) is 0.781. The monoisotopic (exact) mass is 247 g/mol. The third-order valence-corrected chi connectivity index (χ3v) is 3.39. The molecule has 0 spiro atoms.